The normalized spacial score (nSPS) is 9.18. The third-order valence-corrected chi connectivity index (χ3v) is 1.13. The van der Waals surface area contributed by atoms with Crippen molar-refractivity contribution in [3.8, 4) is 0 Å². The van der Waals surface area contributed by atoms with Gasteiger partial charge in [0.15, 0.2) is 0 Å². The van der Waals surface area contributed by atoms with E-state index in [1.54, 1.807) is 18.3 Å². The molecule has 1 heterocycles. The smallest absolute Gasteiger partial charge is 0.339 e. The maximum Gasteiger partial charge on any atom is 0.339 e. The molecule has 1 aromatic rings. The molecule has 1 radical (unpaired) electrons. The van der Waals surface area contributed by atoms with Gasteiger partial charge in [-0.15, -0.1) is 0 Å². The van der Waals surface area contributed by atoms with Crippen LogP contribution in [-0.2, 0) is 4.74 Å². The minimum Gasteiger partial charge on any atom is -0.462 e. The van der Waals surface area contributed by atoms with Gasteiger partial charge in [0.1, 0.15) is 0 Å². The predicted molar refractivity (Wildman–Crippen MR) is 39.9 cm³/mol. The summed E-state index contributed by atoms with van der Waals surface area (Å²) in [5, 5.41) is 0. The van der Waals surface area contributed by atoms with Crippen molar-refractivity contribution >= 4 is 5.97 Å². The van der Waals surface area contributed by atoms with Gasteiger partial charge in [-0.05, 0) is 19.1 Å². The van der Waals surface area contributed by atoms with E-state index in [9.17, 15) is 4.79 Å². The molecule has 0 fully saturated rings. The van der Waals surface area contributed by atoms with Crippen LogP contribution in [0.4, 0.5) is 0 Å². The lowest BCUT2D eigenvalue weighted by atomic mass is 10.3. The largest absolute Gasteiger partial charge is 0.462 e. The lowest BCUT2D eigenvalue weighted by Crippen LogP contribution is -2.04. The minimum absolute atomic E-state index is 0.147. The molecule has 57 valence electrons. The third-order valence-electron chi connectivity index (χ3n) is 1.13. The first kappa shape index (κ1) is 7.72. The Balaban J connectivity index is 2.69. The van der Waals surface area contributed by atoms with Gasteiger partial charge >= 0.3 is 5.97 Å². The minimum atomic E-state index is -0.381. The standard InChI is InChI=1S/C8H8NO2/c1-2-11-8(10)7-4-3-5-9-6-7/h3-6H,1-2H2. The lowest BCUT2D eigenvalue weighted by molar-refractivity contribution is 0.0547. The second kappa shape index (κ2) is 3.71. The quantitative estimate of drug-likeness (QED) is 0.592. The molecule has 0 saturated heterocycles. The van der Waals surface area contributed by atoms with Gasteiger partial charge in [0, 0.05) is 12.4 Å². The number of carbonyl (C=O) groups excluding carboxylic acids is 1. The van der Waals surface area contributed by atoms with E-state index in [4.69, 9.17) is 0 Å². The molecule has 0 atom stereocenters. The molecule has 0 N–H and O–H groups in total. The van der Waals surface area contributed by atoms with Crippen molar-refractivity contribution in [1.82, 2.24) is 4.98 Å². The summed E-state index contributed by atoms with van der Waals surface area (Å²) in [6, 6.07) is 3.32. The first-order valence-electron chi connectivity index (χ1n) is 3.21. The highest BCUT2D eigenvalue weighted by Gasteiger charge is 2.03. The number of esters is 1. The van der Waals surface area contributed by atoms with E-state index in [0.29, 0.717) is 5.56 Å². The van der Waals surface area contributed by atoms with Crippen molar-refractivity contribution in [2.45, 2.75) is 0 Å². The summed E-state index contributed by atoms with van der Waals surface area (Å²) in [4.78, 5) is 14.7. The van der Waals surface area contributed by atoms with Crippen molar-refractivity contribution < 1.29 is 9.53 Å². The SMILES string of the molecule is [CH2]COC(=O)c1cccnc1. The molecule has 0 spiro atoms. The Morgan fingerprint density at radius 1 is 1.73 bits per heavy atom. The van der Waals surface area contributed by atoms with Gasteiger partial charge in [0.25, 0.3) is 0 Å². The number of aromatic nitrogens is 1. The molecule has 3 heteroatoms. The van der Waals surface area contributed by atoms with Crippen molar-refractivity contribution in [3.63, 3.8) is 0 Å². The van der Waals surface area contributed by atoms with Gasteiger partial charge in [0.2, 0.25) is 0 Å². The zero-order valence-electron chi connectivity index (χ0n) is 5.99. The maximum atomic E-state index is 10.9. The fourth-order valence-electron chi connectivity index (χ4n) is 0.660. The van der Waals surface area contributed by atoms with Gasteiger partial charge in [0.05, 0.1) is 12.2 Å². The Bertz CT molecular complexity index is 233. The number of carbonyl (C=O) groups is 1. The number of hydrogen-bond donors (Lipinski definition) is 0. The third kappa shape index (κ3) is 2.04. The predicted octanol–water partition coefficient (Wildman–Crippen LogP) is 1.07. The number of nitrogens with zero attached hydrogens (tertiary/aromatic N) is 1. The Hall–Kier alpha value is -1.38. The maximum absolute atomic E-state index is 10.9. The monoisotopic (exact) mass is 150 g/mol. The summed E-state index contributed by atoms with van der Waals surface area (Å²) >= 11 is 0. The van der Waals surface area contributed by atoms with Gasteiger partial charge in [-0.3, -0.25) is 4.98 Å². The first-order chi connectivity index (χ1) is 5.34. The van der Waals surface area contributed by atoms with Crippen LogP contribution >= 0.6 is 0 Å². The highest BCUT2D eigenvalue weighted by atomic mass is 16.5. The molecule has 11 heavy (non-hydrogen) atoms. The Kier molecular flexibility index (Phi) is 2.60. The van der Waals surface area contributed by atoms with Crippen LogP contribution in [0.2, 0.25) is 0 Å². The fourth-order valence-corrected chi connectivity index (χ4v) is 0.660. The molecule has 0 aromatic carbocycles. The molecule has 1 aromatic heterocycles. The molecule has 0 aliphatic rings. The number of ether oxygens (including phenoxy) is 1. The van der Waals surface area contributed by atoms with E-state index < -0.39 is 0 Å². The van der Waals surface area contributed by atoms with Crippen LogP contribution in [0, 0.1) is 6.92 Å². The molecule has 3 nitrogen and oxygen atoms in total. The second-order valence-electron chi connectivity index (χ2n) is 1.88. The van der Waals surface area contributed by atoms with Gasteiger partial charge in [-0.25, -0.2) is 4.79 Å². The van der Waals surface area contributed by atoms with Crippen LogP contribution in [0.5, 0.6) is 0 Å². The van der Waals surface area contributed by atoms with Crippen LogP contribution in [0.1, 0.15) is 10.4 Å². The molecule has 0 amide bonds. The molecular formula is C8H8NO2. The van der Waals surface area contributed by atoms with Gasteiger partial charge in [-0.2, -0.15) is 0 Å². The Morgan fingerprint density at radius 2 is 2.55 bits per heavy atom. The zero-order chi connectivity index (χ0) is 8.10. The van der Waals surface area contributed by atoms with Crippen LogP contribution in [0.3, 0.4) is 0 Å². The zero-order valence-corrected chi connectivity index (χ0v) is 5.99. The molecule has 0 unspecified atom stereocenters. The van der Waals surface area contributed by atoms with Gasteiger partial charge in [-0.1, -0.05) is 0 Å². The first-order valence-corrected chi connectivity index (χ1v) is 3.21. The van der Waals surface area contributed by atoms with Crippen LogP contribution in [-0.4, -0.2) is 17.6 Å². The van der Waals surface area contributed by atoms with Crippen molar-refractivity contribution in [2.75, 3.05) is 6.61 Å². The molecule has 0 aliphatic carbocycles. The summed E-state index contributed by atoms with van der Waals surface area (Å²) in [5.74, 6) is -0.381. The van der Waals surface area contributed by atoms with Crippen molar-refractivity contribution in [1.29, 1.82) is 0 Å². The molecule has 0 aliphatic heterocycles. The second-order valence-corrected chi connectivity index (χ2v) is 1.88. The Morgan fingerprint density at radius 3 is 3.09 bits per heavy atom. The number of pyridine rings is 1. The van der Waals surface area contributed by atoms with Crippen molar-refractivity contribution in [3.05, 3.63) is 37.0 Å². The Labute approximate surface area is 65.0 Å². The summed E-state index contributed by atoms with van der Waals surface area (Å²) in [5.41, 5.74) is 0.455. The summed E-state index contributed by atoms with van der Waals surface area (Å²) in [6.45, 7) is 3.53. The van der Waals surface area contributed by atoms with Crippen LogP contribution < -0.4 is 0 Å². The van der Waals surface area contributed by atoms with Crippen LogP contribution in [0.15, 0.2) is 24.5 Å². The summed E-state index contributed by atoms with van der Waals surface area (Å²) in [6.07, 6.45) is 3.05. The average Bonchev–Trinajstić information content (AvgIpc) is 2.07. The topological polar surface area (TPSA) is 39.2 Å². The molecular weight excluding hydrogens is 142 g/mol. The van der Waals surface area contributed by atoms with Crippen LogP contribution in [0.25, 0.3) is 0 Å². The van der Waals surface area contributed by atoms with E-state index in [2.05, 4.69) is 16.6 Å². The molecule has 0 saturated carbocycles. The van der Waals surface area contributed by atoms with E-state index in [0.717, 1.165) is 0 Å². The average molecular weight is 150 g/mol. The summed E-state index contributed by atoms with van der Waals surface area (Å²) in [7, 11) is 0. The lowest BCUT2D eigenvalue weighted by Gasteiger charge is -1.98. The van der Waals surface area contributed by atoms with E-state index in [-0.39, 0.29) is 12.6 Å². The number of rotatable bonds is 2. The van der Waals surface area contributed by atoms with Gasteiger partial charge < -0.3 is 4.74 Å². The highest BCUT2D eigenvalue weighted by Crippen LogP contribution is 1.97. The molecule has 1 rings (SSSR count). The van der Waals surface area contributed by atoms with E-state index in [1.165, 1.54) is 6.20 Å². The van der Waals surface area contributed by atoms with Crippen molar-refractivity contribution in [2.24, 2.45) is 0 Å². The highest BCUT2D eigenvalue weighted by molar-refractivity contribution is 5.88. The van der Waals surface area contributed by atoms with E-state index >= 15 is 0 Å². The fraction of sp³-hybridized carbons (Fsp3) is 0.125. The molecule has 0 bridgehead atoms. The summed E-state index contributed by atoms with van der Waals surface area (Å²) < 4.78 is 4.64. The van der Waals surface area contributed by atoms with E-state index in [1.807, 2.05) is 0 Å². The number of hydrogen-bond acceptors (Lipinski definition) is 3.